The number of esters is 1. The second-order valence-electron chi connectivity index (χ2n) is 5.01. The molecule has 0 aliphatic heterocycles. The lowest BCUT2D eigenvalue weighted by atomic mass is 10.1. The Hall–Kier alpha value is -3.15. The molecule has 2 amide bonds. The third-order valence-electron chi connectivity index (χ3n) is 3.12. The van der Waals surface area contributed by atoms with Gasteiger partial charge in [-0.3, -0.25) is 9.59 Å². The predicted molar refractivity (Wildman–Crippen MR) is 91.1 cm³/mol. The number of hydrogen-bond donors (Lipinski definition) is 2. The van der Waals surface area contributed by atoms with Crippen molar-refractivity contribution in [3.05, 3.63) is 59.7 Å². The highest BCUT2D eigenvalue weighted by atomic mass is 16.5. The molecule has 2 aromatic carbocycles. The standard InChI is InChI=1S/C18H18N2O4/c1-3-24-18(23)14-6-10-16(11-7-14)20-17(22)13-4-8-15(9-5-13)19-12(2)21/h4-11H,3H2,1-2H3,(H,19,21)(H,20,22). The Morgan fingerprint density at radius 3 is 1.83 bits per heavy atom. The smallest absolute Gasteiger partial charge is 0.338 e. The van der Waals surface area contributed by atoms with Crippen LogP contribution >= 0.6 is 0 Å². The first-order valence-corrected chi connectivity index (χ1v) is 7.46. The highest BCUT2D eigenvalue weighted by Gasteiger charge is 2.09. The number of hydrogen-bond acceptors (Lipinski definition) is 4. The summed E-state index contributed by atoms with van der Waals surface area (Å²) in [5.41, 5.74) is 2.07. The van der Waals surface area contributed by atoms with E-state index in [1.165, 1.54) is 6.92 Å². The second-order valence-corrected chi connectivity index (χ2v) is 5.01. The molecule has 0 fully saturated rings. The zero-order valence-corrected chi connectivity index (χ0v) is 13.5. The molecular formula is C18H18N2O4. The number of rotatable bonds is 5. The molecule has 2 rings (SSSR count). The van der Waals surface area contributed by atoms with Crippen molar-refractivity contribution in [1.29, 1.82) is 0 Å². The van der Waals surface area contributed by atoms with Gasteiger partial charge in [0.05, 0.1) is 12.2 Å². The van der Waals surface area contributed by atoms with E-state index in [4.69, 9.17) is 4.74 Å². The van der Waals surface area contributed by atoms with Gasteiger partial charge < -0.3 is 15.4 Å². The van der Waals surface area contributed by atoms with Crippen LogP contribution in [0.4, 0.5) is 11.4 Å². The highest BCUT2D eigenvalue weighted by molar-refractivity contribution is 6.04. The summed E-state index contributed by atoms with van der Waals surface area (Å²) < 4.78 is 4.90. The number of anilines is 2. The van der Waals surface area contributed by atoms with Gasteiger partial charge in [-0.15, -0.1) is 0 Å². The van der Waals surface area contributed by atoms with E-state index in [0.29, 0.717) is 29.1 Å². The fourth-order valence-electron chi connectivity index (χ4n) is 2.02. The summed E-state index contributed by atoms with van der Waals surface area (Å²) in [6.45, 7) is 3.47. The van der Waals surface area contributed by atoms with Crippen molar-refractivity contribution in [2.24, 2.45) is 0 Å². The van der Waals surface area contributed by atoms with Crippen LogP contribution in [0.15, 0.2) is 48.5 Å². The minimum atomic E-state index is -0.399. The zero-order valence-electron chi connectivity index (χ0n) is 13.5. The Morgan fingerprint density at radius 2 is 1.33 bits per heavy atom. The summed E-state index contributed by atoms with van der Waals surface area (Å²) in [6, 6.07) is 13.0. The van der Waals surface area contributed by atoms with Gasteiger partial charge in [-0.05, 0) is 55.5 Å². The van der Waals surface area contributed by atoms with Crippen LogP contribution in [0.1, 0.15) is 34.6 Å². The van der Waals surface area contributed by atoms with Crippen molar-refractivity contribution in [3.63, 3.8) is 0 Å². The normalized spacial score (nSPS) is 9.92. The molecular weight excluding hydrogens is 308 g/mol. The van der Waals surface area contributed by atoms with Crippen LogP contribution in [0, 0.1) is 0 Å². The molecule has 6 nitrogen and oxygen atoms in total. The van der Waals surface area contributed by atoms with Crippen LogP contribution in [-0.4, -0.2) is 24.4 Å². The Morgan fingerprint density at radius 1 is 0.833 bits per heavy atom. The largest absolute Gasteiger partial charge is 0.462 e. The lowest BCUT2D eigenvalue weighted by molar-refractivity contribution is -0.114. The minimum absolute atomic E-state index is 0.172. The summed E-state index contributed by atoms with van der Waals surface area (Å²) >= 11 is 0. The Labute approximate surface area is 139 Å². The van der Waals surface area contributed by atoms with E-state index < -0.39 is 5.97 Å². The number of amides is 2. The molecule has 0 saturated carbocycles. The van der Waals surface area contributed by atoms with Gasteiger partial charge in [-0.25, -0.2) is 4.79 Å². The fourth-order valence-corrected chi connectivity index (χ4v) is 2.02. The van der Waals surface area contributed by atoms with E-state index in [2.05, 4.69) is 10.6 Å². The summed E-state index contributed by atoms with van der Waals surface area (Å²) in [4.78, 5) is 34.7. The summed E-state index contributed by atoms with van der Waals surface area (Å²) in [5.74, 6) is -0.855. The molecule has 0 aromatic heterocycles. The van der Waals surface area contributed by atoms with Crippen LogP contribution in [0.5, 0.6) is 0 Å². The molecule has 124 valence electrons. The lowest BCUT2D eigenvalue weighted by Gasteiger charge is -2.07. The van der Waals surface area contributed by atoms with Crippen molar-refractivity contribution in [1.82, 2.24) is 0 Å². The number of benzene rings is 2. The maximum atomic E-state index is 12.2. The summed E-state index contributed by atoms with van der Waals surface area (Å²) in [6.07, 6.45) is 0. The third-order valence-corrected chi connectivity index (χ3v) is 3.12. The Kier molecular flexibility index (Phi) is 5.68. The van der Waals surface area contributed by atoms with Crippen LogP contribution in [-0.2, 0) is 9.53 Å². The van der Waals surface area contributed by atoms with E-state index in [9.17, 15) is 14.4 Å². The van der Waals surface area contributed by atoms with Gasteiger partial charge in [0.1, 0.15) is 0 Å². The van der Waals surface area contributed by atoms with Crippen LogP contribution < -0.4 is 10.6 Å². The SMILES string of the molecule is CCOC(=O)c1ccc(NC(=O)c2ccc(NC(C)=O)cc2)cc1. The van der Waals surface area contributed by atoms with Crippen molar-refractivity contribution < 1.29 is 19.1 Å². The molecule has 0 unspecified atom stereocenters. The van der Waals surface area contributed by atoms with Gasteiger partial charge >= 0.3 is 5.97 Å². The molecule has 0 atom stereocenters. The lowest BCUT2D eigenvalue weighted by Crippen LogP contribution is -2.12. The maximum absolute atomic E-state index is 12.2. The highest BCUT2D eigenvalue weighted by Crippen LogP contribution is 2.14. The van der Waals surface area contributed by atoms with Crippen molar-refractivity contribution in [2.45, 2.75) is 13.8 Å². The van der Waals surface area contributed by atoms with E-state index >= 15 is 0 Å². The predicted octanol–water partition coefficient (Wildman–Crippen LogP) is 3.07. The fraction of sp³-hybridized carbons (Fsp3) is 0.167. The first-order chi connectivity index (χ1) is 11.5. The first-order valence-electron chi connectivity index (χ1n) is 7.46. The van der Waals surface area contributed by atoms with Crippen molar-refractivity contribution in [3.8, 4) is 0 Å². The van der Waals surface area contributed by atoms with Crippen molar-refractivity contribution in [2.75, 3.05) is 17.2 Å². The topological polar surface area (TPSA) is 84.5 Å². The molecule has 6 heteroatoms. The molecule has 2 aromatic rings. The van der Waals surface area contributed by atoms with Crippen LogP contribution in [0.2, 0.25) is 0 Å². The second kappa shape index (κ2) is 7.92. The van der Waals surface area contributed by atoms with Crippen LogP contribution in [0.3, 0.4) is 0 Å². The quantitative estimate of drug-likeness (QED) is 0.827. The van der Waals surface area contributed by atoms with Crippen LogP contribution in [0.25, 0.3) is 0 Å². The molecule has 2 N–H and O–H groups in total. The van der Waals surface area contributed by atoms with E-state index in [1.54, 1.807) is 55.5 Å². The van der Waals surface area contributed by atoms with Gasteiger partial charge in [0.2, 0.25) is 5.91 Å². The number of carbonyl (C=O) groups is 3. The van der Waals surface area contributed by atoms with Gasteiger partial charge in [0.15, 0.2) is 0 Å². The van der Waals surface area contributed by atoms with Gasteiger partial charge in [0.25, 0.3) is 5.91 Å². The molecule has 0 aliphatic rings. The molecule has 0 heterocycles. The summed E-state index contributed by atoms with van der Waals surface area (Å²) in [5, 5.41) is 5.37. The molecule has 0 spiro atoms. The Balaban J connectivity index is 2.01. The molecule has 0 bridgehead atoms. The Bertz CT molecular complexity index is 737. The maximum Gasteiger partial charge on any atom is 0.338 e. The van der Waals surface area contributed by atoms with E-state index in [1.807, 2.05) is 0 Å². The first kappa shape index (κ1) is 17.2. The zero-order chi connectivity index (χ0) is 17.5. The van der Waals surface area contributed by atoms with Crippen molar-refractivity contribution >= 4 is 29.2 Å². The monoisotopic (exact) mass is 326 g/mol. The number of ether oxygens (including phenoxy) is 1. The molecule has 24 heavy (non-hydrogen) atoms. The van der Waals surface area contributed by atoms with E-state index in [-0.39, 0.29) is 11.8 Å². The number of nitrogens with one attached hydrogen (secondary N) is 2. The van der Waals surface area contributed by atoms with Gasteiger partial charge in [-0.1, -0.05) is 0 Å². The average molecular weight is 326 g/mol. The van der Waals surface area contributed by atoms with Gasteiger partial charge in [0, 0.05) is 23.9 Å². The molecule has 0 aliphatic carbocycles. The summed E-state index contributed by atoms with van der Waals surface area (Å²) in [7, 11) is 0. The molecule has 0 radical (unpaired) electrons. The van der Waals surface area contributed by atoms with E-state index in [0.717, 1.165) is 0 Å². The molecule has 0 saturated heterocycles. The average Bonchev–Trinajstić information content (AvgIpc) is 2.56. The minimum Gasteiger partial charge on any atom is -0.462 e. The number of carbonyl (C=O) groups excluding carboxylic acids is 3. The third kappa shape index (κ3) is 4.67. The van der Waals surface area contributed by atoms with Gasteiger partial charge in [-0.2, -0.15) is 0 Å².